The van der Waals surface area contributed by atoms with Crippen molar-refractivity contribution < 1.29 is 4.74 Å². The maximum Gasteiger partial charge on any atom is 0.321 e. The third-order valence-corrected chi connectivity index (χ3v) is 2.82. The van der Waals surface area contributed by atoms with Crippen LogP contribution in [-0.2, 0) is 0 Å². The SMILES string of the molecule is CNc1nc(OC)nc(SCC(C)C)n1. The van der Waals surface area contributed by atoms with E-state index in [9.17, 15) is 0 Å². The molecule has 0 unspecified atom stereocenters. The van der Waals surface area contributed by atoms with Gasteiger partial charge in [0.05, 0.1) is 7.11 Å². The summed E-state index contributed by atoms with van der Waals surface area (Å²) in [4.78, 5) is 12.4. The van der Waals surface area contributed by atoms with Crippen LogP contribution in [0.3, 0.4) is 0 Å². The second-order valence-corrected chi connectivity index (χ2v) is 4.37. The Bertz CT molecular complexity index is 297. The Kier molecular flexibility index (Phi) is 4.61. The van der Waals surface area contributed by atoms with Gasteiger partial charge < -0.3 is 10.1 Å². The zero-order valence-corrected chi connectivity index (χ0v) is 10.3. The summed E-state index contributed by atoms with van der Waals surface area (Å²) in [5, 5.41) is 3.57. The van der Waals surface area contributed by atoms with Crippen LogP contribution in [0, 0.1) is 5.92 Å². The maximum absolute atomic E-state index is 4.99. The van der Waals surface area contributed by atoms with E-state index in [0.717, 1.165) is 5.75 Å². The van der Waals surface area contributed by atoms with Gasteiger partial charge in [-0.3, -0.25) is 0 Å². The number of anilines is 1. The molecule has 1 aromatic rings. The third-order valence-electron chi connectivity index (χ3n) is 1.55. The maximum atomic E-state index is 4.99. The molecule has 1 N–H and O–H groups in total. The first-order valence-corrected chi connectivity index (χ1v) is 5.75. The Labute approximate surface area is 94.1 Å². The lowest BCUT2D eigenvalue weighted by Gasteiger charge is -2.06. The molecule has 0 saturated carbocycles. The minimum absolute atomic E-state index is 0.348. The van der Waals surface area contributed by atoms with E-state index in [1.165, 1.54) is 0 Å². The number of hydrogen-bond donors (Lipinski definition) is 1. The Balaban J connectivity index is 2.77. The lowest BCUT2D eigenvalue weighted by Crippen LogP contribution is -2.03. The molecule has 6 heteroatoms. The molecule has 0 spiro atoms. The van der Waals surface area contributed by atoms with Crippen molar-refractivity contribution in [2.45, 2.75) is 19.0 Å². The van der Waals surface area contributed by atoms with E-state index in [0.29, 0.717) is 23.0 Å². The fourth-order valence-electron chi connectivity index (χ4n) is 0.847. The molecule has 0 saturated heterocycles. The summed E-state index contributed by atoms with van der Waals surface area (Å²) in [6.45, 7) is 4.31. The van der Waals surface area contributed by atoms with E-state index in [4.69, 9.17) is 4.74 Å². The van der Waals surface area contributed by atoms with Gasteiger partial charge in [-0.25, -0.2) is 0 Å². The molecule has 0 fully saturated rings. The second kappa shape index (κ2) is 5.75. The second-order valence-electron chi connectivity index (χ2n) is 3.38. The van der Waals surface area contributed by atoms with Gasteiger partial charge in [-0.2, -0.15) is 15.0 Å². The molecule has 0 radical (unpaired) electrons. The topological polar surface area (TPSA) is 59.9 Å². The summed E-state index contributed by atoms with van der Waals surface area (Å²) in [6, 6.07) is 0.348. The van der Waals surface area contributed by atoms with Crippen LogP contribution in [0.2, 0.25) is 0 Å². The summed E-state index contributed by atoms with van der Waals surface area (Å²) in [5.74, 6) is 2.12. The smallest absolute Gasteiger partial charge is 0.321 e. The van der Waals surface area contributed by atoms with Crippen molar-refractivity contribution in [3.63, 3.8) is 0 Å². The van der Waals surface area contributed by atoms with Crippen LogP contribution in [0.1, 0.15) is 13.8 Å². The number of ether oxygens (including phenoxy) is 1. The highest BCUT2D eigenvalue weighted by molar-refractivity contribution is 7.99. The zero-order valence-electron chi connectivity index (χ0n) is 9.44. The molecule has 1 rings (SSSR count). The van der Waals surface area contributed by atoms with Crippen molar-refractivity contribution in [2.75, 3.05) is 25.2 Å². The number of hydrogen-bond acceptors (Lipinski definition) is 6. The van der Waals surface area contributed by atoms with Gasteiger partial charge >= 0.3 is 6.01 Å². The normalized spacial score (nSPS) is 10.5. The number of nitrogens with zero attached hydrogens (tertiary/aromatic N) is 3. The molecule has 0 aliphatic rings. The van der Waals surface area contributed by atoms with Gasteiger partial charge in [-0.05, 0) is 5.92 Å². The number of thioether (sulfide) groups is 1. The van der Waals surface area contributed by atoms with Crippen molar-refractivity contribution in [1.29, 1.82) is 0 Å². The molecular formula is C9H16N4OS. The highest BCUT2D eigenvalue weighted by atomic mass is 32.2. The Morgan fingerprint density at radius 3 is 2.60 bits per heavy atom. The predicted molar refractivity (Wildman–Crippen MR) is 61.5 cm³/mol. The van der Waals surface area contributed by atoms with Crippen LogP contribution >= 0.6 is 11.8 Å². The Morgan fingerprint density at radius 1 is 1.33 bits per heavy atom. The van der Waals surface area contributed by atoms with Crippen molar-refractivity contribution in [2.24, 2.45) is 5.92 Å². The first-order chi connectivity index (χ1) is 7.15. The highest BCUT2D eigenvalue weighted by Crippen LogP contribution is 2.19. The minimum atomic E-state index is 0.348. The van der Waals surface area contributed by atoms with Gasteiger partial charge in [0.15, 0.2) is 5.16 Å². The van der Waals surface area contributed by atoms with Gasteiger partial charge in [0, 0.05) is 12.8 Å². The van der Waals surface area contributed by atoms with Crippen LogP contribution in [-0.4, -0.2) is 34.9 Å². The van der Waals surface area contributed by atoms with Gasteiger partial charge in [-0.15, -0.1) is 0 Å². The first kappa shape index (κ1) is 12.0. The molecule has 5 nitrogen and oxygen atoms in total. The summed E-state index contributed by atoms with van der Waals surface area (Å²) in [5.41, 5.74) is 0. The molecule has 0 amide bonds. The molecule has 0 aromatic carbocycles. The van der Waals surface area contributed by atoms with Crippen LogP contribution in [0.25, 0.3) is 0 Å². The van der Waals surface area contributed by atoms with E-state index in [1.807, 2.05) is 0 Å². The average molecular weight is 228 g/mol. The van der Waals surface area contributed by atoms with Crippen LogP contribution in [0.15, 0.2) is 5.16 Å². The van der Waals surface area contributed by atoms with E-state index < -0.39 is 0 Å². The van der Waals surface area contributed by atoms with E-state index >= 15 is 0 Å². The first-order valence-electron chi connectivity index (χ1n) is 4.76. The van der Waals surface area contributed by atoms with E-state index in [-0.39, 0.29) is 0 Å². The predicted octanol–water partition coefficient (Wildman–Crippen LogP) is 1.67. The lowest BCUT2D eigenvalue weighted by molar-refractivity contribution is 0.374. The van der Waals surface area contributed by atoms with E-state index in [2.05, 4.69) is 34.1 Å². The molecule has 1 aromatic heterocycles. The van der Waals surface area contributed by atoms with Crippen molar-refractivity contribution >= 4 is 17.7 Å². The van der Waals surface area contributed by atoms with Crippen LogP contribution < -0.4 is 10.1 Å². The van der Waals surface area contributed by atoms with Crippen molar-refractivity contribution in [3.05, 3.63) is 0 Å². The number of aromatic nitrogens is 3. The average Bonchev–Trinajstić information content (AvgIpc) is 2.25. The number of nitrogens with one attached hydrogen (secondary N) is 1. The fourth-order valence-corrected chi connectivity index (χ4v) is 1.62. The van der Waals surface area contributed by atoms with Crippen LogP contribution in [0.5, 0.6) is 6.01 Å². The minimum Gasteiger partial charge on any atom is -0.467 e. The summed E-state index contributed by atoms with van der Waals surface area (Å²) < 4.78 is 4.99. The fraction of sp³-hybridized carbons (Fsp3) is 0.667. The van der Waals surface area contributed by atoms with Crippen molar-refractivity contribution in [1.82, 2.24) is 15.0 Å². The van der Waals surface area contributed by atoms with E-state index in [1.54, 1.807) is 25.9 Å². The summed E-state index contributed by atoms with van der Waals surface area (Å²) in [6.07, 6.45) is 0. The Morgan fingerprint density at radius 2 is 2.07 bits per heavy atom. The molecule has 15 heavy (non-hydrogen) atoms. The van der Waals surface area contributed by atoms with Gasteiger partial charge in [0.2, 0.25) is 5.95 Å². The highest BCUT2D eigenvalue weighted by Gasteiger charge is 2.06. The summed E-state index contributed by atoms with van der Waals surface area (Å²) in [7, 11) is 3.32. The molecule has 0 bridgehead atoms. The standard InChI is InChI=1S/C9H16N4OS/c1-6(2)5-15-9-12-7(10-3)11-8(13-9)14-4/h6H,5H2,1-4H3,(H,10,11,12,13). The quantitative estimate of drug-likeness (QED) is 0.774. The molecule has 0 atom stereocenters. The van der Waals surface area contributed by atoms with Crippen LogP contribution in [0.4, 0.5) is 5.95 Å². The number of rotatable bonds is 5. The van der Waals surface area contributed by atoms with Crippen molar-refractivity contribution in [3.8, 4) is 6.01 Å². The van der Waals surface area contributed by atoms with Gasteiger partial charge in [0.25, 0.3) is 0 Å². The zero-order chi connectivity index (χ0) is 11.3. The van der Waals surface area contributed by atoms with Gasteiger partial charge in [0.1, 0.15) is 0 Å². The lowest BCUT2D eigenvalue weighted by atomic mass is 10.3. The largest absolute Gasteiger partial charge is 0.467 e. The molecule has 0 aliphatic carbocycles. The monoisotopic (exact) mass is 228 g/mol. The molecule has 1 heterocycles. The number of methoxy groups -OCH3 is 1. The molecule has 84 valence electrons. The molecular weight excluding hydrogens is 212 g/mol. The molecule has 0 aliphatic heterocycles. The third kappa shape index (κ3) is 3.91. The Hall–Kier alpha value is -1.04. The van der Waals surface area contributed by atoms with Gasteiger partial charge in [-0.1, -0.05) is 25.6 Å². The summed E-state index contributed by atoms with van der Waals surface area (Å²) >= 11 is 1.61.